The molecule has 1 aromatic carbocycles. The fraction of sp³-hybridized carbons (Fsp3) is 0.611. The summed E-state index contributed by atoms with van der Waals surface area (Å²) in [5.74, 6) is 0.212. The van der Waals surface area contributed by atoms with Gasteiger partial charge in [-0.15, -0.1) is 0 Å². The minimum absolute atomic E-state index is 0.100. The Morgan fingerprint density at radius 1 is 1.17 bits per heavy atom. The smallest absolute Gasteiger partial charge is 0.277 e. The number of rotatable bonds is 5. The van der Waals surface area contributed by atoms with E-state index in [9.17, 15) is 13.2 Å². The molecular formula is C18H26O4S2. The third kappa shape index (κ3) is 2.72. The second kappa shape index (κ2) is 5.58. The minimum atomic E-state index is -3.80. The molecule has 0 amide bonds. The van der Waals surface area contributed by atoms with Crippen LogP contribution in [0.1, 0.15) is 33.1 Å². The van der Waals surface area contributed by atoms with Gasteiger partial charge in [0.15, 0.2) is 0 Å². The molecule has 0 spiro atoms. The zero-order chi connectivity index (χ0) is 17.8. The molecule has 1 aromatic rings. The fourth-order valence-electron chi connectivity index (χ4n) is 4.48. The summed E-state index contributed by atoms with van der Waals surface area (Å²) in [6.45, 7) is 4.08. The average Bonchev–Trinajstić information content (AvgIpc) is 2.80. The summed E-state index contributed by atoms with van der Waals surface area (Å²) in [6.07, 6.45) is 5.76. The highest BCUT2D eigenvalue weighted by molar-refractivity contribution is 8.32. The number of fused-ring (bicyclic) bond motifs is 2. The Morgan fingerprint density at radius 2 is 1.79 bits per heavy atom. The standard InChI is InChI=1S/C18H26O4S2/c1-17(2)14-10-11-18(17,16(19)12-14)13-24(20,21)22-23(3,4)15-8-6-5-7-9-15/h5-9,14H,10-13H2,1-4H3. The molecule has 2 atom stereocenters. The van der Waals surface area contributed by atoms with Crippen LogP contribution in [-0.4, -0.2) is 32.5 Å². The summed E-state index contributed by atoms with van der Waals surface area (Å²) < 4.78 is 31.3. The first-order valence-corrected chi connectivity index (χ1v) is 12.2. The lowest BCUT2D eigenvalue weighted by molar-refractivity contribution is -0.128. The van der Waals surface area contributed by atoms with Gasteiger partial charge in [0.25, 0.3) is 10.1 Å². The van der Waals surface area contributed by atoms with Crippen LogP contribution in [0.15, 0.2) is 35.2 Å². The Kier molecular flexibility index (Phi) is 4.17. The van der Waals surface area contributed by atoms with E-state index in [1.165, 1.54) is 0 Å². The largest absolute Gasteiger partial charge is 0.299 e. The Hall–Kier alpha value is -0.850. The summed E-state index contributed by atoms with van der Waals surface area (Å²) in [5.41, 5.74) is -1.05. The van der Waals surface area contributed by atoms with Gasteiger partial charge in [0.1, 0.15) is 5.78 Å². The predicted octanol–water partition coefficient (Wildman–Crippen LogP) is 3.77. The molecule has 0 aromatic heterocycles. The highest BCUT2D eigenvalue weighted by Gasteiger charge is 2.65. The topological polar surface area (TPSA) is 60.4 Å². The SMILES string of the molecule is CC1(C)C2CCC1(CS(=O)(=O)OS(C)(C)c1ccccc1)C(=O)C2. The summed E-state index contributed by atoms with van der Waals surface area (Å²) in [4.78, 5) is 13.5. The first-order chi connectivity index (χ1) is 11.0. The molecule has 2 bridgehead atoms. The van der Waals surface area contributed by atoms with Crippen molar-refractivity contribution < 1.29 is 16.8 Å². The van der Waals surface area contributed by atoms with Gasteiger partial charge in [-0.1, -0.05) is 42.4 Å². The number of benzene rings is 1. The van der Waals surface area contributed by atoms with Crippen LogP contribution < -0.4 is 0 Å². The van der Waals surface area contributed by atoms with Crippen molar-refractivity contribution in [2.45, 2.75) is 38.0 Å². The Labute approximate surface area is 146 Å². The van der Waals surface area contributed by atoms with Crippen LogP contribution in [0, 0.1) is 16.7 Å². The number of hydrogen-bond acceptors (Lipinski definition) is 4. The number of Topliss-reactive ketones (excluding diaryl/α,β-unsaturated/α-hetero) is 1. The molecule has 24 heavy (non-hydrogen) atoms. The molecular weight excluding hydrogens is 344 g/mol. The first-order valence-electron chi connectivity index (χ1n) is 8.26. The first kappa shape index (κ1) is 18.0. The molecule has 4 nitrogen and oxygen atoms in total. The van der Waals surface area contributed by atoms with Crippen LogP contribution in [-0.2, 0) is 18.5 Å². The van der Waals surface area contributed by atoms with Crippen molar-refractivity contribution in [2.75, 3.05) is 18.3 Å². The van der Waals surface area contributed by atoms with Crippen molar-refractivity contribution in [1.29, 1.82) is 0 Å². The highest BCUT2D eigenvalue weighted by atomic mass is 32.3. The van der Waals surface area contributed by atoms with Gasteiger partial charge in [-0.25, -0.2) is 3.63 Å². The van der Waals surface area contributed by atoms with E-state index in [2.05, 4.69) is 0 Å². The van der Waals surface area contributed by atoms with E-state index in [1.54, 1.807) is 0 Å². The number of ketones is 1. The molecule has 0 N–H and O–H groups in total. The Balaban J connectivity index is 1.86. The van der Waals surface area contributed by atoms with Crippen molar-refractivity contribution in [1.82, 2.24) is 0 Å². The molecule has 2 saturated carbocycles. The van der Waals surface area contributed by atoms with Gasteiger partial charge in [0.2, 0.25) is 0 Å². The van der Waals surface area contributed by atoms with Gasteiger partial charge in [0, 0.05) is 11.3 Å². The van der Waals surface area contributed by atoms with Gasteiger partial charge >= 0.3 is 0 Å². The van der Waals surface area contributed by atoms with Crippen molar-refractivity contribution in [2.24, 2.45) is 16.7 Å². The van der Waals surface area contributed by atoms with Gasteiger partial charge in [-0.2, -0.15) is 8.42 Å². The fourth-order valence-corrected chi connectivity index (χ4v) is 9.15. The maximum absolute atomic E-state index is 12.8. The molecule has 0 aliphatic heterocycles. The van der Waals surface area contributed by atoms with E-state index in [-0.39, 0.29) is 17.0 Å². The zero-order valence-corrected chi connectivity index (χ0v) is 16.4. The molecule has 3 rings (SSSR count). The quantitative estimate of drug-likeness (QED) is 0.792. The third-order valence-electron chi connectivity index (χ3n) is 6.15. The van der Waals surface area contributed by atoms with E-state index in [0.29, 0.717) is 18.8 Å². The molecule has 0 saturated heterocycles. The average molecular weight is 371 g/mol. The van der Waals surface area contributed by atoms with E-state index in [4.69, 9.17) is 3.63 Å². The molecule has 2 aliphatic carbocycles. The second-order valence-electron chi connectivity index (χ2n) is 7.98. The molecule has 2 aliphatic rings. The van der Waals surface area contributed by atoms with E-state index in [0.717, 1.165) is 11.3 Å². The number of carbonyl (C=O) groups excluding carboxylic acids is 1. The maximum Gasteiger partial charge on any atom is 0.277 e. The van der Waals surface area contributed by atoms with Gasteiger partial charge in [-0.05, 0) is 48.8 Å². The third-order valence-corrected chi connectivity index (χ3v) is 10.6. The Bertz CT molecular complexity index is 752. The van der Waals surface area contributed by atoms with Crippen molar-refractivity contribution in [3.8, 4) is 0 Å². The number of carbonyl (C=O) groups is 1. The lowest BCUT2D eigenvalue weighted by atomic mass is 9.70. The highest BCUT2D eigenvalue weighted by Crippen LogP contribution is 2.65. The zero-order valence-electron chi connectivity index (χ0n) is 14.7. The van der Waals surface area contributed by atoms with Crippen LogP contribution in [0.25, 0.3) is 0 Å². The molecule has 0 heterocycles. The van der Waals surface area contributed by atoms with Crippen LogP contribution in [0.4, 0.5) is 0 Å². The van der Waals surface area contributed by atoms with Crippen molar-refractivity contribution in [3.05, 3.63) is 30.3 Å². The molecule has 134 valence electrons. The summed E-state index contributed by atoms with van der Waals surface area (Å²) in [6, 6.07) is 9.43. The van der Waals surface area contributed by atoms with Gasteiger partial charge in [-0.3, -0.25) is 4.79 Å². The maximum atomic E-state index is 12.8. The van der Waals surface area contributed by atoms with E-state index >= 15 is 0 Å². The summed E-state index contributed by atoms with van der Waals surface area (Å²) in [7, 11) is -5.74. The van der Waals surface area contributed by atoms with E-state index < -0.39 is 25.8 Å². The second-order valence-corrected chi connectivity index (χ2v) is 12.9. The minimum Gasteiger partial charge on any atom is -0.299 e. The van der Waals surface area contributed by atoms with Gasteiger partial charge in [0.05, 0.1) is 11.2 Å². The van der Waals surface area contributed by atoms with Crippen LogP contribution >= 0.6 is 10.3 Å². The van der Waals surface area contributed by atoms with Gasteiger partial charge < -0.3 is 0 Å². The lowest BCUT2D eigenvalue weighted by Crippen LogP contribution is -2.42. The van der Waals surface area contributed by atoms with Crippen LogP contribution in [0.2, 0.25) is 0 Å². The molecule has 2 unspecified atom stereocenters. The molecule has 2 fully saturated rings. The summed E-state index contributed by atoms with van der Waals surface area (Å²) in [5, 5.41) is 0. The summed E-state index contributed by atoms with van der Waals surface area (Å²) >= 11 is 0. The van der Waals surface area contributed by atoms with Crippen molar-refractivity contribution >= 4 is 26.2 Å². The Morgan fingerprint density at radius 3 is 2.29 bits per heavy atom. The van der Waals surface area contributed by atoms with Crippen LogP contribution in [0.5, 0.6) is 0 Å². The lowest BCUT2D eigenvalue weighted by Gasteiger charge is -2.37. The normalized spacial score (nSPS) is 29.8. The monoisotopic (exact) mass is 370 g/mol. The number of hydrogen-bond donors (Lipinski definition) is 0. The van der Waals surface area contributed by atoms with Crippen LogP contribution in [0.3, 0.4) is 0 Å². The molecule has 6 heteroatoms. The van der Waals surface area contributed by atoms with Crippen molar-refractivity contribution in [3.63, 3.8) is 0 Å². The predicted molar refractivity (Wildman–Crippen MR) is 97.6 cm³/mol. The molecule has 0 radical (unpaired) electrons. The van der Waals surface area contributed by atoms with E-state index in [1.807, 2.05) is 56.7 Å².